The van der Waals surface area contributed by atoms with E-state index in [2.05, 4.69) is 10.2 Å². The highest BCUT2D eigenvalue weighted by atomic mass is 19.4. The van der Waals surface area contributed by atoms with E-state index in [4.69, 9.17) is 38.5 Å². The topological polar surface area (TPSA) is 206 Å². The lowest BCUT2D eigenvalue weighted by Gasteiger charge is -2.27. The first-order valence-corrected chi connectivity index (χ1v) is 15.1. The van der Waals surface area contributed by atoms with Crippen molar-refractivity contribution in [3.05, 3.63) is 33.9 Å². The first-order valence-electron chi connectivity index (χ1n) is 15.1. The molecule has 0 spiro atoms. The zero-order valence-corrected chi connectivity index (χ0v) is 31.0. The minimum absolute atomic E-state index is 0. The second kappa shape index (κ2) is 23.0. The van der Waals surface area contributed by atoms with E-state index in [1.165, 1.54) is 12.4 Å². The van der Waals surface area contributed by atoms with E-state index in [-0.39, 0.29) is 43.2 Å². The Morgan fingerprint density at radius 1 is 0.804 bits per heavy atom. The first kappa shape index (κ1) is 53.3. The largest absolute Gasteiger partial charge is 0.475 e. The summed E-state index contributed by atoms with van der Waals surface area (Å²) in [6.45, 7) is 21.8. The number of aliphatic hydroxyl groups is 1. The third-order valence-electron chi connectivity index (χ3n) is 5.29. The van der Waals surface area contributed by atoms with Crippen molar-refractivity contribution >= 4 is 24.5 Å². The van der Waals surface area contributed by atoms with Crippen molar-refractivity contribution in [1.82, 2.24) is 19.6 Å². The van der Waals surface area contributed by atoms with Crippen LogP contribution in [0.15, 0.2) is 17.2 Å². The predicted molar refractivity (Wildman–Crippen MR) is 178 cm³/mol. The number of hydrogen-bond donors (Lipinski definition) is 2. The van der Waals surface area contributed by atoms with Gasteiger partial charge in [0.1, 0.15) is 17.8 Å². The molecule has 2 aromatic rings. The second-order valence-corrected chi connectivity index (χ2v) is 14.1. The maximum Gasteiger partial charge on any atom is 0.435 e. The van der Waals surface area contributed by atoms with Gasteiger partial charge >= 0.3 is 30.7 Å². The van der Waals surface area contributed by atoms with E-state index < -0.39 is 41.6 Å². The number of H-pyrrole nitrogens is 1. The van der Waals surface area contributed by atoms with Crippen LogP contribution < -0.4 is 10.3 Å². The van der Waals surface area contributed by atoms with Gasteiger partial charge in [0.15, 0.2) is 0 Å². The molecule has 0 amide bonds. The number of carbonyl (C=O) groups is 2. The van der Waals surface area contributed by atoms with E-state index in [1.54, 1.807) is 48.5 Å². The molecule has 0 radical (unpaired) electrons. The molecule has 0 aliphatic carbocycles. The van der Waals surface area contributed by atoms with Crippen LogP contribution >= 0.6 is 0 Å². The average molecular weight is 741 g/mol. The van der Waals surface area contributed by atoms with Gasteiger partial charge in [0.2, 0.25) is 5.88 Å². The number of nitrogens with zero attached hydrogens (tertiary/aromatic N) is 3. The first-order chi connectivity index (χ1) is 22.5. The monoisotopic (exact) mass is 740 g/mol. The summed E-state index contributed by atoms with van der Waals surface area (Å²) < 4.78 is 56.1. The van der Waals surface area contributed by atoms with Crippen molar-refractivity contribution in [2.45, 2.75) is 128 Å². The molecule has 15 nitrogen and oxygen atoms in total. The summed E-state index contributed by atoms with van der Waals surface area (Å²) in [5.41, 5.74) is -2.33. The van der Waals surface area contributed by atoms with Crippen LogP contribution in [0.25, 0.3) is 0 Å². The number of halogens is 3. The Balaban J connectivity index is -0.000000337. The quantitative estimate of drug-likeness (QED) is 0.351. The van der Waals surface area contributed by atoms with Gasteiger partial charge < -0.3 is 19.3 Å². The van der Waals surface area contributed by atoms with Crippen LogP contribution in [-0.4, -0.2) is 79.7 Å². The van der Waals surface area contributed by atoms with E-state index in [0.29, 0.717) is 24.0 Å². The molecule has 0 aliphatic rings. The molecular weight excluding hydrogens is 685 g/mol. The number of aryl methyl sites for hydroxylation is 2. The fraction of sp³-hybridized carbons (Fsp3) is 0.697. The number of hydrogen-bond acceptors (Lipinski definition) is 12. The maximum atomic E-state index is 12.9. The molecule has 0 bridgehead atoms. The molecule has 0 saturated carbocycles. The van der Waals surface area contributed by atoms with Crippen LogP contribution in [0.1, 0.15) is 109 Å². The summed E-state index contributed by atoms with van der Waals surface area (Å²) in [5, 5.41) is 14.7. The number of aliphatic hydroxyl groups excluding tert-OH is 1. The number of ether oxygens (including phenoxy) is 3. The van der Waals surface area contributed by atoms with Gasteiger partial charge in [-0.25, -0.2) is 9.59 Å². The summed E-state index contributed by atoms with van der Waals surface area (Å²) in [7, 11) is 0. The number of rotatable bonds is 5. The smallest absolute Gasteiger partial charge is 0.435 e. The lowest BCUT2D eigenvalue weighted by Crippen LogP contribution is -2.37. The molecule has 2 rings (SSSR count). The van der Waals surface area contributed by atoms with Gasteiger partial charge in [0, 0.05) is 30.1 Å². The Morgan fingerprint density at radius 2 is 1.20 bits per heavy atom. The van der Waals surface area contributed by atoms with Gasteiger partial charge in [-0.2, -0.15) is 41.7 Å². The van der Waals surface area contributed by atoms with Crippen LogP contribution in [0, 0.1) is 10.8 Å². The Morgan fingerprint density at radius 3 is 1.51 bits per heavy atom. The molecular formula is C33H55F3N4O11. The normalized spacial score (nSPS) is 11.0. The van der Waals surface area contributed by atoms with Crippen LogP contribution in [0.3, 0.4) is 0 Å². The molecule has 2 N–H and O–H groups in total. The summed E-state index contributed by atoms with van der Waals surface area (Å²) in [4.78, 5) is 67.2. The van der Waals surface area contributed by atoms with E-state index in [1.807, 2.05) is 27.7 Å². The zero-order chi connectivity index (χ0) is 40.3. The van der Waals surface area contributed by atoms with Crippen molar-refractivity contribution in [2.24, 2.45) is 10.8 Å². The van der Waals surface area contributed by atoms with Crippen LogP contribution in [-0.2, 0) is 41.5 Å². The van der Waals surface area contributed by atoms with Gasteiger partial charge in [-0.1, -0.05) is 42.0 Å². The Labute approximate surface area is 296 Å². The minimum atomic E-state index is -4.40. The second-order valence-electron chi connectivity index (χ2n) is 14.1. The van der Waals surface area contributed by atoms with Crippen molar-refractivity contribution in [3.63, 3.8) is 0 Å². The molecule has 51 heavy (non-hydrogen) atoms. The lowest BCUT2D eigenvalue weighted by atomic mass is 9.94. The van der Waals surface area contributed by atoms with E-state index >= 15 is 0 Å². The molecule has 0 aliphatic heterocycles. The van der Waals surface area contributed by atoms with E-state index in [9.17, 15) is 27.6 Å². The molecule has 18 heteroatoms. The number of aromatic nitrogens is 4. The van der Waals surface area contributed by atoms with E-state index in [0.717, 1.165) is 23.2 Å². The van der Waals surface area contributed by atoms with Crippen LogP contribution in [0.2, 0.25) is 0 Å². The summed E-state index contributed by atoms with van der Waals surface area (Å²) in [6, 6.07) is 0. The molecule has 0 aromatic carbocycles. The number of alkyl halides is 3. The Bertz CT molecular complexity index is 1430. The fourth-order valence-electron chi connectivity index (χ4n) is 2.58. The van der Waals surface area contributed by atoms with Crippen molar-refractivity contribution in [1.29, 1.82) is 0 Å². The molecule has 294 valence electrons. The molecule has 0 atom stereocenters. The molecule has 2 aromatic heterocycles. The number of nitrogens with one attached hydrogen (secondary N) is 1. The molecule has 0 unspecified atom stereocenters. The van der Waals surface area contributed by atoms with Gasteiger partial charge in [-0.3, -0.25) is 9.89 Å². The lowest BCUT2D eigenvalue weighted by molar-refractivity contribution is -0.219. The van der Waals surface area contributed by atoms with Crippen molar-refractivity contribution in [3.8, 4) is 5.88 Å². The number of aromatic amines is 1. The Kier molecular flexibility index (Phi) is 24.1. The summed E-state index contributed by atoms with van der Waals surface area (Å²) >= 11 is 0. The van der Waals surface area contributed by atoms with Crippen molar-refractivity contribution in [2.75, 3.05) is 13.2 Å². The SMILES string of the molecule is C.CC(C)(C)CO.CCc1cn(C(=O)OC(C)(C)C)[nH]c1=O.CCc1cn(C(=O)OC(C)(C)C)nc1OCC(C)(C)C(F)(F)F.O=C=O.O=C=O. The fourth-order valence-corrected chi connectivity index (χ4v) is 2.58. The van der Waals surface area contributed by atoms with Gasteiger partial charge in [0.25, 0.3) is 5.56 Å². The standard InChI is InChI=1S/C15H23F3N2O3.C10H16N2O3.C5H12O.2CO2.CH4/c1-7-10-8-20(12(21)23-13(2,3)4)19-11(10)22-9-14(5,6)15(16,17)18;1-5-7-6-12(11-8(7)13)9(14)15-10(2,3)4;1-5(2,3)4-6;2*2-1-3;/h8H,7,9H2,1-6H3;6H,5H2,1-4H3,(H,11,13);6H,4H2,1-3H3;;;1H4. The van der Waals surface area contributed by atoms with Crippen LogP contribution in [0.5, 0.6) is 5.88 Å². The van der Waals surface area contributed by atoms with Crippen LogP contribution in [0.4, 0.5) is 22.8 Å². The predicted octanol–water partition coefficient (Wildman–Crippen LogP) is 6.21. The highest BCUT2D eigenvalue weighted by Gasteiger charge is 2.48. The number of carbonyl (C=O) groups excluding carboxylic acids is 6. The molecule has 0 saturated heterocycles. The van der Waals surface area contributed by atoms with Crippen molar-refractivity contribution < 1.29 is 61.3 Å². The summed E-state index contributed by atoms with van der Waals surface area (Å²) in [5.74, 6) is 0.00989. The third kappa shape index (κ3) is 24.3. The highest BCUT2D eigenvalue weighted by molar-refractivity contribution is 5.70. The minimum Gasteiger partial charge on any atom is -0.475 e. The Hall–Kier alpha value is -4.53. The molecule has 0 fully saturated rings. The van der Waals surface area contributed by atoms with Gasteiger partial charge in [0.05, 0.1) is 5.41 Å². The molecule has 2 heterocycles. The van der Waals surface area contributed by atoms with Gasteiger partial charge in [-0.05, 0) is 73.6 Å². The highest BCUT2D eigenvalue weighted by Crippen LogP contribution is 2.38. The average Bonchev–Trinajstić information content (AvgIpc) is 3.54. The maximum absolute atomic E-state index is 12.9. The summed E-state index contributed by atoms with van der Waals surface area (Å²) in [6.07, 6.45) is -1.25. The van der Waals surface area contributed by atoms with Gasteiger partial charge in [-0.15, -0.1) is 5.10 Å². The third-order valence-corrected chi connectivity index (χ3v) is 5.29. The zero-order valence-electron chi connectivity index (χ0n) is 31.0.